The Bertz CT molecular complexity index is 1320. The van der Waals surface area contributed by atoms with Crippen molar-refractivity contribution < 1.29 is 19.1 Å². The third-order valence-electron chi connectivity index (χ3n) is 5.74. The van der Waals surface area contributed by atoms with Crippen LogP contribution in [-0.4, -0.2) is 36.1 Å². The first-order valence-electron chi connectivity index (χ1n) is 12.1. The predicted molar refractivity (Wildman–Crippen MR) is 145 cm³/mol. The average molecular weight is 498 g/mol. The van der Waals surface area contributed by atoms with E-state index < -0.39 is 29.6 Å². The molecule has 4 rings (SSSR count). The van der Waals surface area contributed by atoms with E-state index in [2.05, 4.69) is 10.6 Å². The van der Waals surface area contributed by atoms with Crippen LogP contribution < -0.4 is 15.5 Å². The van der Waals surface area contributed by atoms with Crippen molar-refractivity contribution in [3.8, 4) is 0 Å². The van der Waals surface area contributed by atoms with E-state index in [1.165, 1.54) is 4.90 Å². The van der Waals surface area contributed by atoms with Gasteiger partial charge in [-0.15, -0.1) is 0 Å². The van der Waals surface area contributed by atoms with Crippen LogP contribution in [0.2, 0.25) is 0 Å². The molecular weight excluding hydrogens is 466 g/mol. The van der Waals surface area contributed by atoms with E-state index >= 15 is 0 Å². The first-order valence-corrected chi connectivity index (χ1v) is 12.1. The number of aryl methyl sites for hydroxylation is 1. The number of carbonyl (C=O) groups is 3. The van der Waals surface area contributed by atoms with Crippen molar-refractivity contribution in [1.29, 1.82) is 0 Å². The van der Waals surface area contributed by atoms with E-state index in [0.717, 1.165) is 22.3 Å². The number of rotatable bonds is 5. The number of para-hydroxylation sites is 1. The Morgan fingerprint density at radius 1 is 0.919 bits per heavy atom. The second kappa shape index (κ2) is 10.7. The molecule has 3 aromatic carbocycles. The van der Waals surface area contributed by atoms with Crippen molar-refractivity contribution in [3.05, 3.63) is 102 Å². The van der Waals surface area contributed by atoms with E-state index in [0.29, 0.717) is 11.4 Å². The lowest BCUT2D eigenvalue weighted by molar-refractivity contribution is -0.153. The lowest BCUT2D eigenvalue weighted by atomic mass is 9.95. The summed E-state index contributed by atoms with van der Waals surface area (Å²) in [7, 11) is 0. The van der Waals surface area contributed by atoms with Crippen LogP contribution in [0.1, 0.15) is 37.5 Å². The number of nitrogens with one attached hydrogen (secondary N) is 2. The highest BCUT2D eigenvalue weighted by Gasteiger charge is 2.34. The topological polar surface area (TPSA) is 87.7 Å². The second-order valence-corrected chi connectivity index (χ2v) is 9.92. The molecule has 3 amide bonds. The van der Waals surface area contributed by atoms with Crippen LogP contribution in [0.5, 0.6) is 0 Å². The van der Waals surface area contributed by atoms with Crippen LogP contribution in [0.25, 0.3) is 5.57 Å². The SMILES string of the molecule is Cc1ccc(NC(=O)NC2C=C(c3ccccc3)c3ccccc3N(CC(=O)OC(C)(C)C)C2=O)cc1. The van der Waals surface area contributed by atoms with Crippen molar-refractivity contribution in [3.63, 3.8) is 0 Å². The van der Waals surface area contributed by atoms with Crippen molar-refractivity contribution >= 4 is 34.9 Å². The molecule has 0 fully saturated rings. The lowest BCUT2D eigenvalue weighted by Gasteiger charge is -2.27. The summed E-state index contributed by atoms with van der Waals surface area (Å²) >= 11 is 0. The number of urea groups is 1. The summed E-state index contributed by atoms with van der Waals surface area (Å²) in [5.41, 5.74) is 3.96. The number of nitrogens with zero attached hydrogens (tertiary/aromatic N) is 1. The smallest absolute Gasteiger partial charge is 0.326 e. The third-order valence-corrected chi connectivity index (χ3v) is 5.74. The predicted octanol–water partition coefficient (Wildman–Crippen LogP) is 5.31. The number of carbonyl (C=O) groups excluding carboxylic acids is 3. The molecule has 0 saturated heterocycles. The fraction of sp³-hybridized carbons (Fsp3) is 0.233. The molecule has 7 heteroatoms. The molecule has 0 radical (unpaired) electrons. The Morgan fingerprint density at radius 2 is 1.57 bits per heavy atom. The molecule has 0 bridgehead atoms. The molecule has 0 aliphatic carbocycles. The van der Waals surface area contributed by atoms with Gasteiger partial charge in [0, 0.05) is 11.3 Å². The average Bonchev–Trinajstić information content (AvgIpc) is 2.95. The van der Waals surface area contributed by atoms with Gasteiger partial charge in [0.05, 0.1) is 5.69 Å². The highest BCUT2D eigenvalue weighted by Crippen LogP contribution is 2.35. The minimum atomic E-state index is -1.03. The van der Waals surface area contributed by atoms with Gasteiger partial charge in [-0.2, -0.15) is 0 Å². The quantitative estimate of drug-likeness (QED) is 0.468. The van der Waals surface area contributed by atoms with Gasteiger partial charge in [-0.1, -0.05) is 66.2 Å². The van der Waals surface area contributed by atoms with Crippen molar-refractivity contribution in [2.75, 3.05) is 16.8 Å². The standard InChI is InChI=1S/C30H31N3O4/c1-20-14-16-22(17-15-20)31-29(36)32-25-18-24(21-10-6-5-7-11-21)23-12-8-9-13-26(23)33(28(25)35)19-27(34)37-30(2,3)4/h5-18,25H,19H2,1-4H3,(H2,31,32,36). The number of benzene rings is 3. The Labute approximate surface area is 217 Å². The van der Waals surface area contributed by atoms with Gasteiger partial charge in [0.25, 0.3) is 5.91 Å². The summed E-state index contributed by atoms with van der Waals surface area (Å²) in [4.78, 5) is 41.0. The molecule has 0 aromatic heterocycles. The van der Waals surface area contributed by atoms with Gasteiger partial charge >= 0.3 is 12.0 Å². The van der Waals surface area contributed by atoms with Gasteiger partial charge in [0.2, 0.25) is 0 Å². The first-order chi connectivity index (χ1) is 17.6. The molecular formula is C30H31N3O4. The summed E-state index contributed by atoms with van der Waals surface area (Å²) < 4.78 is 5.51. The maximum Gasteiger partial charge on any atom is 0.326 e. The van der Waals surface area contributed by atoms with Gasteiger partial charge in [0.1, 0.15) is 18.2 Å². The lowest BCUT2D eigenvalue weighted by Crippen LogP contribution is -2.50. The monoisotopic (exact) mass is 497 g/mol. The molecule has 37 heavy (non-hydrogen) atoms. The van der Waals surface area contributed by atoms with E-state index in [1.807, 2.05) is 67.6 Å². The van der Waals surface area contributed by atoms with Crippen molar-refractivity contribution in [2.45, 2.75) is 39.3 Å². The molecule has 0 saturated carbocycles. The number of hydrogen-bond donors (Lipinski definition) is 2. The second-order valence-electron chi connectivity index (χ2n) is 9.92. The Balaban J connectivity index is 1.72. The minimum absolute atomic E-state index is 0.291. The van der Waals surface area contributed by atoms with Gasteiger partial charge < -0.3 is 15.4 Å². The Morgan fingerprint density at radius 3 is 2.24 bits per heavy atom. The third kappa shape index (κ3) is 6.44. The molecule has 1 aliphatic rings. The normalized spacial score (nSPS) is 15.2. The molecule has 1 atom stereocenters. The summed E-state index contributed by atoms with van der Waals surface area (Å²) in [5.74, 6) is -0.982. The van der Waals surface area contributed by atoms with Gasteiger partial charge in [0.15, 0.2) is 0 Å². The number of amides is 3. The number of fused-ring (bicyclic) bond motifs is 1. The highest BCUT2D eigenvalue weighted by atomic mass is 16.6. The van der Waals surface area contributed by atoms with Crippen LogP contribution in [0.15, 0.2) is 84.9 Å². The Hall–Kier alpha value is -4.39. The fourth-order valence-corrected chi connectivity index (χ4v) is 4.14. The molecule has 3 aromatic rings. The maximum absolute atomic E-state index is 13.8. The van der Waals surface area contributed by atoms with Gasteiger partial charge in [-0.05, 0) is 63.1 Å². The van der Waals surface area contributed by atoms with Crippen LogP contribution in [-0.2, 0) is 14.3 Å². The summed E-state index contributed by atoms with van der Waals surface area (Å²) in [5, 5.41) is 5.57. The van der Waals surface area contributed by atoms with E-state index in [1.54, 1.807) is 45.0 Å². The summed E-state index contributed by atoms with van der Waals surface area (Å²) in [6, 6.07) is 22.8. The first kappa shape index (κ1) is 25.7. The number of ether oxygens (including phenoxy) is 1. The van der Waals surface area contributed by atoms with Crippen LogP contribution in [0, 0.1) is 6.92 Å². The molecule has 1 unspecified atom stereocenters. The molecule has 2 N–H and O–H groups in total. The maximum atomic E-state index is 13.8. The number of anilines is 2. The van der Waals surface area contributed by atoms with Crippen LogP contribution >= 0.6 is 0 Å². The highest BCUT2D eigenvalue weighted by molar-refractivity contribution is 6.09. The zero-order valence-electron chi connectivity index (χ0n) is 21.4. The molecule has 1 aliphatic heterocycles. The van der Waals surface area contributed by atoms with Crippen molar-refractivity contribution in [2.24, 2.45) is 0 Å². The van der Waals surface area contributed by atoms with Crippen LogP contribution in [0.3, 0.4) is 0 Å². The van der Waals surface area contributed by atoms with Crippen LogP contribution in [0.4, 0.5) is 16.2 Å². The number of hydrogen-bond acceptors (Lipinski definition) is 4. The zero-order chi connectivity index (χ0) is 26.6. The van der Waals surface area contributed by atoms with Crippen molar-refractivity contribution in [1.82, 2.24) is 5.32 Å². The largest absolute Gasteiger partial charge is 0.459 e. The van der Waals surface area contributed by atoms with Gasteiger partial charge in [-0.25, -0.2) is 4.79 Å². The van der Waals surface area contributed by atoms with Gasteiger partial charge in [-0.3, -0.25) is 14.5 Å². The number of esters is 1. The Kier molecular flexibility index (Phi) is 7.43. The fourth-order valence-electron chi connectivity index (χ4n) is 4.14. The summed E-state index contributed by atoms with van der Waals surface area (Å²) in [6.07, 6.45) is 1.74. The van der Waals surface area contributed by atoms with E-state index in [-0.39, 0.29) is 6.54 Å². The van der Waals surface area contributed by atoms with E-state index in [9.17, 15) is 14.4 Å². The minimum Gasteiger partial charge on any atom is -0.459 e. The molecule has 7 nitrogen and oxygen atoms in total. The molecule has 190 valence electrons. The summed E-state index contributed by atoms with van der Waals surface area (Å²) in [6.45, 7) is 7.00. The zero-order valence-corrected chi connectivity index (χ0v) is 21.4. The molecule has 1 heterocycles. The van der Waals surface area contributed by atoms with E-state index in [4.69, 9.17) is 4.74 Å². The molecule has 0 spiro atoms.